The maximum atomic E-state index is 3.69. The lowest BCUT2D eigenvalue weighted by atomic mass is 10.00. The van der Waals surface area contributed by atoms with E-state index < -0.39 is 0 Å². The first-order valence-corrected chi connectivity index (χ1v) is 6.52. The maximum absolute atomic E-state index is 3.69. The quantitative estimate of drug-likeness (QED) is 0.776. The van der Waals surface area contributed by atoms with Gasteiger partial charge in [-0.2, -0.15) is 0 Å². The second kappa shape index (κ2) is 4.46. The molecule has 0 radical (unpaired) electrons. The Hall–Kier alpha value is -1.02. The molecule has 0 spiro atoms. The topological polar surface area (TPSA) is 15.3 Å². The summed E-state index contributed by atoms with van der Waals surface area (Å²) < 4.78 is 0. The Bertz CT molecular complexity index is 356. The van der Waals surface area contributed by atoms with Gasteiger partial charge in [0, 0.05) is 18.8 Å². The van der Waals surface area contributed by atoms with E-state index in [1.165, 1.54) is 56.4 Å². The summed E-state index contributed by atoms with van der Waals surface area (Å²) in [5.41, 5.74) is 2.83. The standard InChI is InChI=1S/C14H20N2/c1-4-10-16(11-5-1)14-9-8-12-6-2-3-7-13(12)15-14/h2-3,6-7,14-15H,1,4-5,8-11H2. The molecular weight excluding hydrogens is 196 g/mol. The van der Waals surface area contributed by atoms with Crippen molar-refractivity contribution in [2.75, 3.05) is 18.4 Å². The third kappa shape index (κ3) is 1.94. The van der Waals surface area contributed by atoms with Gasteiger partial charge in [0.1, 0.15) is 0 Å². The third-order valence-electron chi connectivity index (χ3n) is 3.86. The number of nitrogens with zero attached hydrogens (tertiary/aromatic N) is 1. The zero-order chi connectivity index (χ0) is 10.8. The van der Waals surface area contributed by atoms with Crippen molar-refractivity contribution in [2.45, 2.75) is 38.3 Å². The van der Waals surface area contributed by atoms with E-state index in [9.17, 15) is 0 Å². The van der Waals surface area contributed by atoms with Crippen molar-refractivity contribution in [2.24, 2.45) is 0 Å². The Kier molecular flexibility index (Phi) is 2.83. The van der Waals surface area contributed by atoms with Crippen molar-refractivity contribution >= 4 is 5.69 Å². The SMILES string of the molecule is c1ccc2c(c1)CCC(N1CCCCC1)N2. The van der Waals surface area contributed by atoms with Crippen LogP contribution in [0.2, 0.25) is 0 Å². The van der Waals surface area contributed by atoms with Crippen LogP contribution < -0.4 is 5.32 Å². The van der Waals surface area contributed by atoms with Gasteiger partial charge >= 0.3 is 0 Å². The fourth-order valence-corrected chi connectivity index (χ4v) is 2.93. The molecule has 3 rings (SSSR count). The highest BCUT2D eigenvalue weighted by atomic mass is 15.3. The van der Waals surface area contributed by atoms with E-state index in [-0.39, 0.29) is 0 Å². The first kappa shape index (κ1) is 10.2. The Morgan fingerprint density at radius 2 is 1.88 bits per heavy atom. The number of hydrogen-bond acceptors (Lipinski definition) is 2. The minimum absolute atomic E-state index is 0.579. The summed E-state index contributed by atoms with van der Waals surface area (Å²) in [5.74, 6) is 0. The van der Waals surface area contributed by atoms with E-state index in [1.807, 2.05) is 0 Å². The molecule has 0 aliphatic carbocycles. The number of piperidine rings is 1. The van der Waals surface area contributed by atoms with E-state index in [2.05, 4.69) is 34.5 Å². The number of fused-ring (bicyclic) bond motifs is 1. The van der Waals surface area contributed by atoms with Gasteiger partial charge in [0.05, 0.1) is 6.17 Å². The molecule has 2 nitrogen and oxygen atoms in total. The predicted octanol–water partition coefficient (Wildman–Crippen LogP) is 2.86. The highest BCUT2D eigenvalue weighted by Crippen LogP contribution is 2.27. The molecule has 0 amide bonds. The molecule has 2 aliphatic heterocycles. The van der Waals surface area contributed by atoms with E-state index in [0.29, 0.717) is 6.17 Å². The lowest BCUT2D eigenvalue weighted by Crippen LogP contribution is -2.45. The zero-order valence-corrected chi connectivity index (χ0v) is 9.78. The summed E-state index contributed by atoms with van der Waals surface area (Å²) in [6.07, 6.45) is 7.23. The fourth-order valence-electron chi connectivity index (χ4n) is 2.93. The molecule has 2 heterocycles. The Morgan fingerprint density at radius 1 is 1.06 bits per heavy atom. The van der Waals surface area contributed by atoms with Gasteiger partial charge in [-0.3, -0.25) is 4.90 Å². The molecule has 0 aromatic heterocycles. The Balaban J connectivity index is 1.72. The molecule has 1 aromatic carbocycles. The van der Waals surface area contributed by atoms with Gasteiger partial charge < -0.3 is 5.32 Å². The molecule has 1 aromatic rings. The van der Waals surface area contributed by atoms with Crippen molar-refractivity contribution in [3.05, 3.63) is 29.8 Å². The van der Waals surface area contributed by atoms with Gasteiger partial charge in [0.15, 0.2) is 0 Å². The van der Waals surface area contributed by atoms with E-state index in [4.69, 9.17) is 0 Å². The first-order chi connectivity index (χ1) is 7.93. The van der Waals surface area contributed by atoms with E-state index in [1.54, 1.807) is 0 Å². The summed E-state index contributed by atoms with van der Waals surface area (Å²) in [6.45, 7) is 2.56. The van der Waals surface area contributed by atoms with Crippen molar-refractivity contribution in [3.8, 4) is 0 Å². The predicted molar refractivity (Wildman–Crippen MR) is 67.6 cm³/mol. The second-order valence-corrected chi connectivity index (χ2v) is 4.95. The number of anilines is 1. The zero-order valence-electron chi connectivity index (χ0n) is 9.78. The monoisotopic (exact) mass is 216 g/mol. The summed E-state index contributed by atoms with van der Waals surface area (Å²) >= 11 is 0. The molecule has 2 aliphatic rings. The number of hydrogen-bond donors (Lipinski definition) is 1. The van der Waals surface area contributed by atoms with Crippen LogP contribution in [0.1, 0.15) is 31.2 Å². The second-order valence-electron chi connectivity index (χ2n) is 4.95. The number of aryl methyl sites for hydroxylation is 1. The van der Waals surface area contributed by atoms with Crippen LogP contribution >= 0.6 is 0 Å². The molecule has 86 valence electrons. The number of benzene rings is 1. The number of likely N-dealkylation sites (tertiary alicyclic amines) is 1. The van der Waals surface area contributed by atoms with Crippen molar-refractivity contribution in [1.82, 2.24) is 4.90 Å². The van der Waals surface area contributed by atoms with Gasteiger partial charge in [0.2, 0.25) is 0 Å². The average Bonchev–Trinajstić information content (AvgIpc) is 2.39. The van der Waals surface area contributed by atoms with Gasteiger partial charge in [-0.05, 0) is 37.3 Å². The Morgan fingerprint density at radius 3 is 2.75 bits per heavy atom. The molecule has 0 bridgehead atoms. The van der Waals surface area contributed by atoms with Crippen molar-refractivity contribution < 1.29 is 0 Å². The first-order valence-electron chi connectivity index (χ1n) is 6.52. The molecule has 2 heteroatoms. The lowest BCUT2D eigenvalue weighted by molar-refractivity contribution is 0.169. The van der Waals surface area contributed by atoms with Crippen LogP contribution in [0.4, 0.5) is 5.69 Å². The van der Waals surface area contributed by atoms with Crippen LogP contribution in [0.3, 0.4) is 0 Å². The molecule has 1 saturated heterocycles. The number of rotatable bonds is 1. The van der Waals surface area contributed by atoms with Gasteiger partial charge in [-0.25, -0.2) is 0 Å². The maximum Gasteiger partial charge on any atom is 0.0796 e. The normalized spacial score (nSPS) is 25.9. The van der Waals surface area contributed by atoms with E-state index in [0.717, 1.165) is 0 Å². The van der Waals surface area contributed by atoms with Crippen LogP contribution in [0, 0.1) is 0 Å². The highest BCUT2D eigenvalue weighted by molar-refractivity contribution is 5.53. The molecular formula is C14H20N2. The summed E-state index contributed by atoms with van der Waals surface area (Å²) in [6, 6.07) is 8.73. The third-order valence-corrected chi connectivity index (χ3v) is 3.86. The average molecular weight is 216 g/mol. The van der Waals surface area contributed by atoms with Crippen LogP contribution in [-0.2, 0) is 6.42 Å². The molecule has 0 saturated carbocycles. The summed E-state index contributed by atoms with van der Waals surface area (Å²) in [7, 11) is 0. The van der Waals surface area contributed by atoms with Gasteiger partial charge in [-0.15, -0.1) is 0 Å². The van der Waals surface area contributed by atoms with Crippen LogP contribution in [0.15, 0.2) is 24.3 Å². The number of para-hydroxylation sites is 1. The van der Waals surface area contributed by atoms with Gasteiger partial charge in [-0.1, -0.05) is 24.6 Å². The molecule has 16 heavy (non-hydrogen) atoms. The largest absolute Gasteiger partial charge is 0.369 e. The van der Waals surface area contributed by atoms with Crippen LogP contribution in [0.5, 0.6) is 0 Å². The number of nitrogens with one attached hydrogen (secondary N) is 1. The Labute approximate surface area is 97.6 Å². The van der Waals surface area contributed by atoms with Crippen molar-refractivity contribution in [3.63, 3.8) is 0 Å². The van der Waals surface area contributed by atoms with E-state index >= 15 is 0 Å². The molecule has 1 N–H and O–H groups in total. The minimum Gasteiger partial charge on any atom is -0.369 e. The summed E-state index contributed by atoms with van der Waals surface area (Å²) in [4.78, 5) is 2.62. The van der Waals surface area contributed by atoms with Crippen LogP contribution in [-0.4, -0.2) is 24.2 Å². The smallest absolute Gasteiger partial charge is 0.0796 e. The van der Waals surface area contributed by atoms with Gasteiger partial charge in [0.25, 0.3) is 0 Å². The van der Waals surface area contributed by atoms with Crippen molar-refractivity contribution in [1.29, 1.82) is 0 Å². The molecule has 1 fully saturated rings. The fraction of sp³-hybridized carbons (Fsp3) is 0.571. The lowest BCUT2D eigenvalue weighted by Gasteiger charge is -2.38. The molecule has 1 unspecified atom stereocenters. The molecule has 1 atom stereocenters. The minimum atomic E-state index is 0.579. The van der Waals surface area contributed by atoms with Crippen LogP contribution in [0.25, 0.3) is 0 Å². The summed E-state index contributed by atoms with van der Waals surface area (Å²) in [5, 5.41) is 3.69. The highest BCUT2D eigenvalue weighted by Gasteiger charge is 2.24.